The summed E-state index contributed by atoms with van der Waals surface area (Å²) in [5.41, 5.74) is 0. The largest absolute Gasteiger partial charge is 0.408 e. The molecule has 1 atom stereocenters. The minimum atomic E-state index is 0.643. The molecular formula is C16H28N4O2. The van der Waals surface area contributed by atoms with E-state index in [-0.39, 0.29) is 0 Å². The van der Waals surface area contributed by atoms with Gasteiger partial charge in [-0.25, -0.2) is 0 Å². The van der Waals surface area contributed by atoms with Crippen LogP contribution in [0.5, 0.6) is 0 Å². The molecule has 3 heterocycles. The first kappa shape index (κ1) is 15.7. The zero-order valence-electron chi connectivity index (χ0n) is 13.8. The first-order valence-corrected chi connectivity index (χ1v) is 8.67. The molecule has 0 spiro atoms. The number of nitrogens with zero attached hydrogens (tertiary/aromatic N) is 4. The molecule has 0 amide bonds. The van der Waals surface area contributed by atoms with Crippen molar-refractivity contribution < 1.29 is 9.15 Å². The van der Waals surface area contributed by atoms with E-state index in [0.717, 1.165) is 64.0 Å². The van der Waals surface area contributed by atoms with Crippen molar-refractivity contribution >= 4 is 6.01 Å². The predicted molar refractivity (Wildman–Crippen MR) is 85.1 cm³/mol. The number of morpholine rings is 1. The molecule has 0 aliphatic carbocycles. The lowest BCUT2D eigenvalue weighted by Crippen LogP contribution is -2.48. The molecule has 2 aliphatic rings. The number of piperidine rings is 1. The SMILES string of the molecule is CCCc1nnc(N2CCC(C(C)N3CCOCC3)CC2)o1. The standard InChI is InChI=1S/C16H28N4O2/c1-3-4-15-17-18-16(22-15)20-7-5-14(6-8-20)13(2)19-9-11-21-12-10-19/h13-14H,3-12H2,1-2H3. The number of rotatable bonds is 5. The summed E-state index contributed by atoms with van der Waals surface area (Å²) in [6.45, 7) is 10.5. The Hall–Kier alpha value is -1.14. The van der Waals surface area contributed by atoms with Gasteiger partial charge in [0, 0.05) is 38.6 Å². The average Bonchev–Trinajstić information content (AvgIpc) is 3.04. The molecule has 1 aromatic rings. The van der Waals surface area contributed by atoms with Gasteiger partial charge in [0.1, 0.15) is 0 Å². The number of hydrogen-bond donors (Lipinski definition) is 0. The van der Waals surface area contributed by atoms with E-state index in [4.69, 9.17) is 9.15 Å². The van der Waals surface area contributed by atoms with E-state index in [1.54, 1.807) is 0 Å². The molecule has 1 unspecified atom stereocenters. The molecule has 124 valence electrons. The Morgan fingerprint density at radius 2 is 1.86 bits per heavy atom. The van der Waals surface area contributed by atoms with Crippen molar-refractivity contribution in [3.8, 4) is 0 Å². The number of hydrogen-bond acceptors (Lipinski definition) is 6. The van der Waals surface area contributed by atoms with Gasteiger partial charge in [0.05, 0.1) is 13.2 Å². The van der Waals surface area contributed by atoms with Crippen molar-refractivity contribution in [2.24, 2.45) is 5.92 Å². The van der Waals surface area contributed by atoms with Crippen molar-refractivity contribution in [2.45, 2.75) is 45.6 Å². The lowest BCUT2D eigenvalue weighted by Gasteiger charge is -2.40. The Morgan fingerprint density at radius 1 is 1.14 bits per heavy atom. The van der Waals surface area contributed by atoms with E-state index in [2.05, 4.69) is 33.8 Å². The van der Waals surface area contributed by atoms with Gasteiger partial charge in [-0.3, -0.25) is 4.90 Å². The van der Waals surface area contributed by atoms with Crippen LogP contribution in [0.25, 0.3) is 0 Å². The molecular weight excluding hydrogens is 280 g/mol. The summed E-state index contributed by atoms with van der Waals surface area (Å²) in [6.07, 6.45) is 4.31. The van der Waals surface area contributed by atoms with Crippen LogP contribution >= 0.6 is 0 Å². The Kier molecular flexibility index (Phi) is 5.31. The second kappa shape index (κ2) is 7.42. The van der Waals surface area contributed by atoms with E-state index in [9.17, 15) is 0 Å². The summed E-state index contributed by atoms with van der Waals surface area (Å²) in [4.78, 5) is 4.82. The maximum atomic E-state index is 5.75. The third-order valence-electron chi connectivity index (χ3n) is 5.03. The lowest BCUT2D eigenvalue weighted by molar-refractivity contribution is 0.00440. The molecule has 1 aromatic heterocycles. The van der Waals surface area contributed by atoms with Crippen LogP contribution in [0.15, 0.2) is 4.42 Å². The first-order valence-electron chi connectivity index (χ1n) is 8.67. The predicted octanol–water partition coefficient (Wildman–Crippen LogP) is 1.96. The van der Waals surface area contributed by atoms with Crippen molar-refractivity contribution in [1.82, 2.24) is 15.1 Å². The van der Waals surface area contributed by atoms with Crippen LogP contribution in [0.2, 0.25) is 0 Å². The molecule has 0 N–H and O–H groups in total. The van der Waals surface area contributed by atoms with Gasteiger partial charge in [0.2, 0.25) is 5.89 Å². The van der Waals surface area contributed by atoms with Crippen LogP contribution in [0.4, 0.5) is 6.01 Å². The molecule has 0 saturated carbocycles. The van der Waals surface area contributed by atoms with E-state index in [0.29, 0.717) is 12.1 Å². The van der Waals surface area contributed by atoms with Crippen LogP contribution < -0.4 is 4.90 Å². The van der Waals surface area contributed by atoms with Crippen LogP contribution in [0, 0.1) is 5.92 Å². The summed E-state index contributed by atoms with van der Waals surface area (Å²) in [6, 6.07) is 1.35. The van der Waals surface area contributed by atoms with Gasteiger partial charge in [-0.15, -0.1) is 5.10 Å². The molecule has 3 rings (SSSR count). The van der Waals surface area contributed by atoms with Gasteiger partial charge >= 0.3 is 6.01 Å². The zero-order chi connectivity index (χ0) is 15.4. The minimum absolute atomic E-state index is 0.643. The Balaban J connectivity index is 1.50. The van der Waals surface area contributed by atoms with Crippen molar-refractivity contribution in [1.29, 1.82) is 0 Å². The smallest absolute Gasteiger partial charge is 0.318 e. The lowest BCUT2D eigenvalue weighted by atomic mass is 9.89. The number of ether oxygens (including phenoxy) is 1. The van der Waals surface area contributed by atoms with Crippen LogP contribution in [-0.2, 0) is 11.2 Å². The quantitative estimate of drug-likeness (QED) is 0.829. The van der Waals surface area contributed by atoms with E-state index in [1.807, 2.05) is 0 Å². The first-order chi connectivity index (χ1) is 10.8. The molecule has 6 nitrogen and oxygen atoms in total. The molecule has 0 bridgehead atoms. The maximum absolute atomic E-state index is 5.75. The average molecular weight is 308 g/mol. The molecule has 0 aromatic carbocycles. The second-order valence-electron chi connectivity index (χ2n) is 6.44. The summed E-state index contributed by atoms with van der Waals surface area (Å²) < 4.78 is 11.2. The zero-order valence-corrected chi connectivity index (χ0v) is 13.8. The van der Waals surface area contributed by atoms with Crippen LogP contribution in [0.3, 0.4) is 0 Å². The van der Waals surface area contributed by atoms with Gasteiger partial charge in [-0.1, -0.05) is 12.0 Å². The third kappa shape index (κ3) is 3.60. The molecule has 2 fully saturated rings. The summed E-state index contributed by atoms with van der Waals surface area (Å²) in [5.74, 6) is 1.52. The van der Waals surface area contributed by atoms with Crippen LogP contribution in [-0.4, -0.2) is 60.5 Å². The highest BCUT2D eigenvalue weighted by molar-refractivity contribution is 5.25. The number of aryl methyl sites for hydroxylation is 1. The minimum Gasteiger partial charge on any atom is -0.408 e. The number of anilines is 1. The second-order valence-corrected chi connectivity index (χ2v) is 6.44. The fraction of sp³-hybridized carbons (Fsp3) is 0.875. The summed E-state index contributed by atoms with van der Waals surface area (Å²) in [7, 11) is 0. The van der Waals surface area contributed by atoms with Gasteiger partial charge in [0.15, 0.2) is 0 Å². The van der Waals surface area contributed by atoms with Crippen molar-refractivity contribution in [3.63, 3.8) is 0 Å². The fourth-order valence-corrected chi connectivity index (χ4v) is 3.54. The fourth-order valence-electron chi connectivity index (χ4n) is 3.54. The molecule has 0 radical (unpaired) electrons. The normalized spacial score (nSPS) is 22.9. The van der Waals surface area contributed by atoms with Gasteiger partial charge in [0.25, 0.3) is 0 Å². The molecule has 22 heavy (non-hydrogen) atoms. The maximum Gasteiger partial charge on any atom is 0.318 e. The number of aromatic nitrogens is 2. The van der Waals surface area contributed by atoms with Crippen LogP contribution in [0.1, 0.15) is 39.0 Å². The third-order valence-corrected chi connectivity index (χ3v) is 5.03. The van der Waals surface area contributed by atoms with E-state index >= 15 is 0 Å². The van der Waals surface area contributed by atoms with Gasteiger partial charge < -0.3 is 14.1 Å². The van der Waals surface area contributed by atoms with Crippen molar-refractivity contribution in [3.05, 3.63) is 5.89 Å². The highest BCUT2D eigenvalue weighted by atomic mass is 16.5. The van der Waals surface area contributed by atoms with E-state index in [1.165, 1.54) is 12.8 Å². The van der Waals surface area contributed by atoms with Crippen molar-refractivity contribution in [2.75, 3.05) is 44.3 Å². The molecule has 2 saturated heterocycles. The van der Waals surface area contributed by atoms with Gasteiger partial charge in [-0.2, -0.15) is 0 Å². The summed E-state index contributed by atoms with van der Waals surface area (Å²) >= 11 is 0. The Morgan fingerprint density at radius 3 is 2.55 bits per heavy atom. The Labute approximate surface area is 132 Å². The molecule has 2 aliphatic heterocycles. The van der Waals surface area contributed by atoms with Gasteiger partial charge in [-0.05, 0) is 32.1 Å². The highest BCUT2D eigenvalue weighted by Crippen LogP contribution is 2.27. The monoisotopic (exact) mass is 308 g/mol. The van der Waals surface area contributed by atoms with E-state index < -0.39 is 0 Å². The highest BCUT2D eigenvalue weighted by Gasteiger charge is 2.29. The summed E-state index contributed by atoms with van der Waals surface area (Å²) in [5, 5.41) is 8.33. The topological polar surface area (TPSA) is 54.6 Å². The molecule has 6 heteroatoms. The Bertz CT molecular complexity index is 451.